The molecule has 0 bridgehead atoms. The van der Waals surface area contributed by atoms with E-state index in [0.29, 0.717) is 45.2 Å². The van der Waals surface area contributed by atoms with E-state index < -0.39 is 0 Å². The summed E-state index contributed by atoms with van der Waals surface area (Å²) in [5.74, 6) is 0.840. The van der Waals surface area contributed by atoms with E-state index in [1.807, 2.05) is 24.1 Å². The number of hydrogen-bond donors (Lipinski definition) is 1. The van der Waals surface area contributed by atoms with Gasteiger partial charge >= 0.3 is 6.01 Å². The number of aromatic nitrogens is 4. The number of rotatable bonds is 4. The zero-order chi connectivity index (χ0) is 24.0. The standard InChI is InChI=1S/C24H28ClN7O2/c1-5-20(33)31-6-8-32(9-7-31)23-16-13-30(3)19(11-17(16)27-24(28-23)34-4)21-15-12-26-29-18(15)10-14(2)22(21)25/h5,10,12,19H,1,6-9,11,13H2,2-4H3,(H,26,29). The second-order valence-electron chi connectivity index (χ2n) is 8.86. The number of carbonyl (C=O) groups is 1. The number of benzene rings is 1. The summed E-state index contributed by atoms with van der Waals surface area (Å²) in [5, 5.41) is 9.11. The van der Waals surface area contributed by atoms with Gasteiger partial charge in [0.2, 0.25) is 5.91 Å². The maximum atomic E-state index is 12.0. The zero-order valence-electron chi connectivity index (χ0n) is 19.6. The Morgan fingerprint density at radius 3 is 2.76 bits per heavy atom. The van der Waals surface area contributed by atoms with Crippen molar-refractivity contribution in [1.29, 1.82) is 0 Å². The number of hydrogen-bond acceptors (Lipinski definition) is 7. The molecule has 0 saturated carbocycles. The average molecular weight is 482 g/mol. The normalized spacial score (nSPS) is 18.8. The summed E-state index contributed by atoms with van der Waals surface area (Å²) < 4.78 is 5.48. The molecule has 0 aliphatic carbocycles. The summed E-state index contributed by atoms with van der Waals surface area (Å²) in [7, 11) is 3.69. The first-order chi connectivity index (χ1) is 16.4. The van der Waals surface area contributed by atoms with Gasteiger partial charge in [0.15, 0.2) is 0 Å². The molecule has 1 amide bonds. The molecule has 0 radical (unpaired) electrons. The van der Waals surface area contributed by atoms with Crippen LogP contribution in [0.3, 0.4) is 0 Å². The Bertz CT molecular complexity index is 1270. The third kappa shape index (κ3) is 3.78. The molecule has 3 aromatic rings. The fraction of sp³-hybridized carbons (Fsp3) is 0.417. The average Bonchev–Trinajstić information content (AvgIpc) is 3.31. The molecule has 178 valence electrons. The van der Waals surface area contributed by atoms with E-state index in [1.165, 1.54) is 6.08 Å². The minimum absolute atomic E-state index is 0.0366. The van der Waals surface area contributed by atoms with Crippen LogP contribution in [-0.4, -0.2) is 76.2 Å². The predicted molar refractivity (Wildman–Crippen MR) is 131 cm³/mol. The Labute approximate surface area is 203 Å². The Kier molecular flexibility index (Phi) is 5.91. The van der Waals surface area contributed by atoms with E-state index in [1.54, 1.807) is 7.11 Å². The van der Waals surface area contributed by atoms with Crippen molar-refractivity contribution >= 4 is 34.2 Å². The van der Waals surface area contributed by atoms with E-state index in [2.05, 4.69) is 33.6 Å². The molecule has 2 aliphatic heterocycles. The summed E-state index contributed by atoms with van der Waals surface area (Å²) in [6.07, 6.45) is 3.89. The van der Waals surface area contributed by atoms with Gasteiger partial charge in [-0.15, -0.1) is 0 Å². The maximum absolute atomic E-state index is 12.0. The lowest BCUT2D eigenvalue weighted by molar-refractivity contribution is -0.126. The van der Waals surface area contributed by atoms with Crippen LogP contribution in [0.25, 0.3) is 10.9 Å². The van der Waals surface area contributed by atoms with E-state index in [4.69, 9.17) is 26.3 Å². The highest BCUT2D eigenvalue weighted by Crippen LogP contribution is 2.42. The lowest BCUT2D eigenvalue weighted by Gasteiger charge is -2.39. The number of fused-ring (bicyclic) bond motifs is 2. The van der Waals surface area contributed by atoms with Crippen LogP contribution in [0, 0.1) is 6.92 Å². The number of anilines is 1. The molecular formula is C24H28ClN7O2. The van der Waals surface area contributed by atoms with Gasteiger partial charge in [0.25, 0.3) is 0 Å². The van der Waals surface area contributed by atoms with E-state index >= 15 is 0 Å². The van der Waals surface area contributed by atoms with E-state index in [9.17, 15) is 4.79 Å². The summed E-state index contributed by atoms with van der Waals surface area (Å²) >= 11 is 6.84. The first-order valence-corrected chi connectivity index (χ1v) is 11.7. The molecule has 1 saturated heterocycles. The largest absolute Gasteiger partial charge is 0.467 e. The van der Waals surface area contributed by atoms with Crippen LogP contribution < -0.4 is 9.64 Å². The topological polar surface area (TPSA) is 90.5 Å². The zero-order valence-corrected chi connectivity index (χ0v) is 20.4. The maximum Gasteiger partial charge on any atom is 0.318 e. The molecule has 1 atom stereocenters. The number of piperazine rings is 1. The first kappa shape index (κ1) is 22.6. The molecule has 9 nitrogen and oxygen atoms in total. The van der Waals surface area contributed by atoms with Gasteiger partial charge in [0.05, 0.1) is 24.5 Å². The minimum atomic E-state index is -0.0369. The van der Waals surface area contributed by atoms with Crippen LogP contribution in [0.5, 0.6) is 6.01 Å². The van der Waals surface area contributed by atoms with Gasteiger partial charge in [-0.1, -0.05) is 18.2 Å². The van der Waals surface area contributed by atoms with Crippen molar-refractivity contribution in [2.75, 3.05) is 45.2 Å². The van der Waals surface area contributed by atoms with Crippen LogP contribution in [0.15, 0.2) is 24.9 Å². The summed E-state index contributed by atoms with van der Waals surface area (Å²) in [4.78, 5) is 27.8. The second kappa shape index (κ2) is 8.88. The molecule has 2 aromatic heterocycles. The van der Waals surface area contributed by atoms with Gasteiger partial charge in [-0.25, -0.2) is 0 Å². The number of aryl methyl sites for hydroxylation is 1. The highest BCUT2D eigenvalue weighted by molar-refractivity contribution is 6.33. The second-order valence-corrected chi connectivity index (χ2v) is 9.24. The molecule has 5 rings (SSSR count). The number of amides is 1. The molecule has 1 fully saturated rings. The molecule has 4 heterocycles. The Balaban J connectivity index is 1.51. The highest BCUT2D eigenvalue weighted by atomic mass is 35.5. The number of likely N-dealkylation sites (N-methyl/N-ethyl adjacent to an activating group) is 1. The van der Waals surface area contributed by atoms with Gasteiger partial charge in [0, 0.05) is 61.2 Å². The third-order valence-electron chi connectivity index (χ3n) is 6.86. The molecule has 10 heteroatoms. The first-order valence-electron chi connectivity index (χ1n) is 11.3. The SMILES string of the molecule is C=CC(=O)N1CCN(c2nc(OC)nc3c2CN(C)C(c2c(Cl)c(C)cc4[nH]ncc24)C3)CC1. The molecular weight excluding hydrogens is 454 g/mol. The van der Waals surface area contributed by atoms with Crippen molar-refractivity contribution in [2.45, 2.75) is 25.9 Å². The van der Waals surface area contributed by atoms with Gasteiger partial charge in [-0.2, -0.15) is 15.1 Å². The molecule has 1 unspecified atom stereocenters. The smallest absolute Gasteiger partial charge is 0.318 e. The van der Waals surface area contributed by atoms with E-state index in [-0.39, 0.29) is 11.9 Å². The molecule has 0 spiro atoms. The number of H-pyrrole nitrogens is 1. The number of halogens is 1. The van der Waals surface area contributed by atoms with Gasteiger partial charge in [-0.3, -0.25) is 14.8 Å². The number of aromatic amines is 1. The quantitative estimate of drug-likeness (QED) is 0.573. The number of nitrogens with zero attached hydrogens (tertiary/aromatic N) is 6. The van der Waals surface area contributed by atoms with Crippen molar-refractivity contribution in [3.8, 4) is 6.01 Å². The number of carbonyl (C=O) groups excluding carboxylic acids is 1. The Morgan fingerprint density at radius 2 is 2.06 bits per heavy atom. The van der Waals surface area contributed by atoms with Crippen molar-refractivity contribution < 1.29 is 9.53 Å². The Hall–Kier alpha value is -3.17. The lowest BCUT2D eigenvalue weighted by atomic mass is 9.90. The fourth-order valence-electron chi connectivity index (χ4n) is 5.02. The van der Waals surface area contributed by atoms with Crippen molar-refractivity contribution in [1.82, 2.24) is 30.0 Å². The number of methoxy groups -OCH3 is 1. The molecule has 34 heavy (non-hydrogen) atoms. The summed E-state index contributed by atoms with van der Waals surface area (Å²) in [5.41, 5.74) is 5.11. The molecule has 1 aromatic carbocycles. The highest BCUT2D eigenvalue weighted by Gasteiger charge is 2.34. The van der Waals surface area contributed by atoms with Crippen LogP contribution >= 0.6 is 11.6 Å². The van der Waals surface area contributed by atoms with Crippen LogP contribution in [0.1, 0.15) is 28.4 Å². The third-order valence-corrected chi connectivity index (χ3v) is 7.36. The molecule has 2 aliphatic rings. The Morgan fingerprint density at radius 1 is 1.29 bits per heavy atom. The number of nitrogens with one attached hydrogen (secondary N) is 1. The van der Waals surface area contributed by atoms with Gasteiger partial charge < -0.3 is 14.5 Å². The predicted octanol–water partition coefficient (Wildman–Crippen LogP) is 2.89. The number of ether oxygens (including phenoxy) is 1. The van der Waals surface area contributed by atoms with Crippen molar-refractivity contribution in [2.24, 2.45) is 0 Å². The van der Waals surface area contributed by atoms with Gasteiger partial charge in [0.1, 0.15) is 5.82 Å². The summed E-state index contributed by atoms with van der Waals surface area (Å²) in [6, 6.07) is 2.42. The lowest BCUT2D eigenvalue weighted by Crippen LogP contribution is -2.49. The monoisotopic (exact) mass is 481 g/mol. The minimum Gasteiger partial charge on any atom is -0.467 e. The summed E-state index contributed by atoms with van der Waals surface area (Å²) in [6.45, 7) is 8.93. The van der Waals surface area contributed by atoms with Crippen LogP contribution in [-0.2, 0) is 17.8 Å². The van der Waals surface area contributed by atoms with Crippen molar-refractivity contribution in [3.05, 3.63) is 52.3 Å². The molecule has 1 N–H and O–H groups in total. The fourth-order valence-corrected chi connectivity index (χ4v) is 5.31. The van der Waals surface area contributed by atoms with Crippen LogP contribution in [0.4, 0.5) is 5.82 Å². The van der Waals surface area contributed by atoms with E-state index in [0.717, 1.165) is 44.1 Å². The van der Waals surface area contributed by atoms with Crippen LogP contribution in [0.2, 0.25) is 5.02 Å². The van der Waals surface area contributed by atoms with Crippen molar-refractivity contribution in [3.63, 3.8) is 0 Å². The van der Waals surface area contributed by atoms with Gasteiger partial charge in [-0.05, 0) is 37.2 Å².